The van der Waals surface area contributed by atoms with Gasteiger partial charge in [-0.25, -0.2) is 4.79 Å². The van der Waals surface area contributed by atoms with Gasteiger partial charge in [0.2, 0.25) is 17.7 Å². The summed E-state index contributed by atoms with van der Waals surface area (Å²) < 4.78 is 5.25. The highest BCUT2D eigenvalue weighted by Gasteiger charge is 2.25. The minimum Gasteiger partial charge on any atom is -0.445 e. The molecule has 0 aliphatic rings. The maximum Gasteiger partial charge on any atom is 0.408 e. The second kappa shape index (κ2) is 15.9. The van der Waals surface area contributed by atoms with Crippen LogP contribution in [0, 0.1) is 5.92 Å². The largest absolute Gasteiger partial charge is 0.445 e. The van der Waals surface area contributed by atoms with E-state index in [4.69, 9.17) is 4.74 Å². The number of hydrogen-bond donors (Lipinski definition) is 4. The molecule has 0 heterocycles. The van der Waals surface area contributed by atoms with Crippen LogP contribution in [0.15, 0.2) is 60.7 Å². The van der Waals surface area contributed by atoms with Crippen LogP contribution >= 0.6 is 0 Å². The van der Waals surface area contributed by atoms with Gasteiger partial charge in [0.25, 0.3) is 0 Å². The standard InChI is InChI=1S/C29H38N4O6/c1-19(2)15-24(21(4)34)32-27(36)20(3)31-26(35)17-30-28(37)25(16-22-11-7-5-8-12-22)33-29(38)39-18-23-13-9-6-10-14-23/h5-14,19-20,24-25H,15-18H2,1-4H3,(H,30,37)(H,31,35)(H,32,36)(H,33,38)/t20-,24-,25-/m0/s1. The summed E-state index contributed by atoms with van der Waals surface area (Å²) in [4.78, 5) is 62.1. The van der Waals surface area contributed by atoms with Gasteiger partial charge in [0.1, 0.15) is 18.7 Å². The van der Waals surface area contributed by atoms with E-state index in [9.17, 15) is 24.0 Å². The lowest BCUT2D eigenvalue weighted by Gasteiger charge is -2.21. The molecule has 0 aliphatic heterocycles. The summed E-state index contributed by atoms with van der Waals surface area (Å²) in [7, 11) is 0. The number of carbonyl (C=O) groups is 5. The maximum absolute atomic E-state index is 12.9. The van der Waals surface area contributed by atoms with E-state index in [2.05, 4.69) is 21.3 Å². The fourth-order valence-electron chi connectivity index (χ4n) is 3.71. The van der Waals surface area contributed by atoms with Crippen LogP contribution in [0.2, 0.25) is 0 Å². The highest BCUT2D eigenvalue weighted by Crippen LogP contribution is 2.07. The van der Waals surface area contributed by atoms with Gasteiger partial charge in [-0.15, -0.1) is 0 Å². The van der Waals surface area contributed by atoms with Gasteiger partial charge in [-0.1, -0.05) is 74.5 Å². The molecule has 0 bridgehead atoms. The molecule has 0 aliphatic carbocycles. The van der Waals surface area contributed by atoms with E-state index in [1.807, 2.05) is 74.5 Å². The second-order valence-electron chi connectivity index (χ2n) is 9.76. The molecule has 0 spiro atoms. The van der Waals surface area contributed by atoms with Gasteiger partial charge in [-0.3, -0.25) is 19.2 Å². The number of ketones is 1. The molecule has 4 N–H and O–H groups in total. The summed E-state index contributed by atoms with van der Waals surface area (Å²) >= 11 is 0. The lowest BCUT2D eigenvalue weighted by molar-refractivity contribution is -0.131. The summed E-state index contributed by atoms with van der Waals surface area (Å²) in [5.74, 6) is -1.65. The monoisotopic (exact) mass is 538 g/mol. The number of benzene rings is 2. The van der Waals surface area contributed by atoms with Crippen LogP contribution in [0.5, 0.6) is 0 Å². The van der Waals surface area contributed by atoms with E-state index in [1.54, 1.807) is 0 Å². The summed E-state index contributed by atoms with van der Waals surface area (Å²) in [5, 5.41) is 10.2. The van der Waals surface area contributed by atoms with Gasteiger partial charge in [0, 0.05) is 6.42 Å². The molecule has 2 aromatic carbocycles. The Morgan fingerprint density at radius 2 is 1.33 bits per heavy atom. The van der Waals surface area contributed by atoms with Crippen molar-refractivity contribution >= 4 is 29.6 Å². The quantitative estimate of drug-likeness (QED) is 0.291. The molecule has 0 unspecified atom stereocenters. The number of rotatable bonds is 14. The molecule has 10 nitrogen and oxygen atoms in total. The third-order valence-corrected chi connectivity index (χ3v) is 5.81. The lowest BCUT2D eigenvalue weighted by Crippen LogP contribution is -2.53. The van der Waals surface area contributed by atoms with Crippen molar-refractivity contribution in [2.45, 2.75) is 65.3 Å². The van der Waals surface area contributed by atoms with Gasteiger partial charge in [0.15, 0.2) is 5.78 Å². The van der Waals surface area contributed by atoms with Crippen molar-refractivity contribution in [3.8, 4) is 0 Å². The SMILES string of the molecule is CC(=O)[C@H](CC(C)C)NC(=O)[C@H](C)NC(=O)CNC(=O)[C@H](Cc1ccccc1)NC(=O)OCc1ccccc1. The van der Waals surface area contributed by atoms with Crippen LogP contribution in [-0.4, -0.2) is 54.3 Å². The molecule has 0 saturated heterocycles. The van der Waals surface area contributed by atoms with Crippen molar-refractivity contribution in [3.05, 3.63) is 71.8 Å². The Morgan fingerprint density at radius 1 is 0.744 bits per heavy atom. The minimum absolute atomic E-state index is 0.0381. The Kier molecular flexibility index (Phi) is 12.6. The zero-order valence-corrected chi connectivity index (χ0v) is 22.9. The van der Waals surface area contributed by atoms with Gasteiger partial charge in [-0.05, 0) is 37.3 Å². The fraction of sp³-hybridized carbons (Fsp3) is 0.414. The minimum atomic E-state index is -1.00. The van der Waals surface area contributed by atoms with E-state index in [-0.39, 0.29) is 24.7 Å². The highest BCUT2D eigenvalue weighted by molar-refractivity contribution is 5.93. The molecule has 0 saturated carbocycles. The predicted molar refractivity (Wildman–Crippen MR) is 146 cm³/mol. The van der Waals surface area contributed by atoms with Crippen LogP contribution < -0.4 is 21.3 Å². The number of carbonyl (C=O) groups excluding carboxylic acids is 5. The van der Waals surface area contributed by atoms with Gasteiger partial charge < -0.3 is 26.0 Å². The topological polar surface area (TPSA) is 143 Å². The van der Waals surface area contributed by atoms with Crippen LogP contribution in [0.3, 0.4) is 0 Å². The molecule has 2 rings (SSSR count). The smallest absolute Gasteiger partial charge is 0.408 e. The van der Waals surface area contributed by atoms with E-state index in [1.165, 1.54) is 13.8 Å². The average Bonchev–Trinajstić information content (AvgIpc) is 2.90. The molecule has 0 fully saturated rings. The number of hydrogen-bond acceptors (Lipinski definition) is 6. The number of amides is 4. The first-order valence-electron chi connectivity index (χ1n) is 12.9. The van der Waals surface area contributed by atoms with E-state index >= 15 is 0 Å². The Balaban J connectivity index is 1.92. The molecular weight excluding hydrogens is 500 g/mol. The van der Waals surface area contributed by atoms with Crippen molar-refractivity contribution < 1.29 is 28.7 Å². The Hall–Kier alpha value is -4.21. The third kappa shape index (κ3) is 11.8. The van der Waals surface area contributed by atoms with E-state index in [0.29, 0.717) is 6.42 Å². The van der Waals surface area contributed by atoms with Crippen LogP contribution in [-0.2, 0) is 36.9 Å². The van der Waals surface area contributed by atoms with E-state index < -0.39 is 48.5 Å². The second-order valence-corrected chi connectivity index (χ2v) is 9.76. The average molecular weight is 539 g/mol. The number of Topliss-reactive ketones (excluding diaryl/α,β-unsaturated/α-hetero) is 1. The zero-order chi connectivity index (χ0) is 28.8. The predicted octanol–water partition coefficient (Wildman–Crippen LogP) is 2.26. The number of alkyl carbamates (subject to hydrolysis) is 1. The molecular formula is C29H38N4O6. The molecule has 0 radical (unpaired) electrons. The summed E-state index contributed by atoms with van der Waals surface area (Å²) in [5.41, 5.74) is 1.60. The van der Waals surface area contributed by atoms with Crippen molar-refractivity contribution in [2.75, 3.05) is 6.54 Å². The van der Waals surface area contributed by atoms with E-state index in [0.717, 1.165) is 11.1 Å². The van der Waals surface area contributed by atoms with Crippen LogP contribution in [0.1, 0.15) is 45.2 Å². The lowest BCUT2D eigenvalue weighted by atomic mass is 10.0. The normalized spacial score (nSPS) is 12.9. The maximum atomic E-state index is 12.9. The molecule has 4 amide bonds. The number of nitrogens with one attached hydrogen (secondary N) is 4. The van der Waals surface area contributed by atoms with Gasteiger partial charge in [-0.2, -0.15) is 0 Å². The Bertz CT molecular complexity index is 1110. The Morgan fingerprint density at radius 3 is 1.90 bits per heavy atom. The first-order chi connectivity index (χ1) is 18.5. The first-order valence-corrected chi connectivity index (χ1v) is 12.9. The van der Waals surface area contributed by atoms with Gasteiger partial charge in [0.05, 0.1) is 12.6 Å². The van der Waals surface area contributed by atoms with Crippen molar-refractivity contribution in [1.82, 2.24) is 21.3 Å². The Labute approximate surface area is 229 Å². The summed E-state index contributed by atoms with van der Waals surface area (Å²) in [6.45, 7) is 6.41. The fourth-order valence-corrected chi connectivity index (χ4v) is 3.71. The third-order valence-electron chi connectivity index (χ3n) is 5.81. The molecule has 10 heteroatoms. The summed E-state index contributed by atoms with van der Waals surface area (Å²) in [6.07, 6.45) is -0.108. The highest BCUT2D eigenvalue weighted by atomic mass is 16.5. The van der Waals surface area contributed by atoms with Crippen molar-refractivity contribution in [1.29, 1.82) is 0 Å². The van der Waals surface area contributed by atoms with Crippen molar-refractivity contribution in [2.24, 2.45) is 5.92 Å². The number of ether oxygens (including phenoxy) is 1. The molecule has 210 valence electrons. The van der Waals surface area contributed by atoms with Gasteiger partial charge >= 0.3 is 6.09 Å². The molecule has 0 aromatic heterocycles. The van der Waals surface area contributed by atoms with Crippen LogP contribution in [0.4, 0.5) is 4.79 Å². The van der Waals surface area contributed by atoms with Crippen molar-refractivity contribution in [3.63, 3.8) is 0 Å². The molecule has 3 atom stereocenters. The zero-order valence-electron chi connectivity index (χ0n) is 22.9. The summed E-state index contributed by atoms with van der Waals surface area (Å²) in [6, 6.07) is 15.7. The van der Waals surface area contributed by atoms with Crippen LogP contribution in [0.25, 0.3) is 0 Å². The first kappa shape index (κ1) is 31.0. The molecule has 2 aromatic rings. The molecule has 39 heavy (non-hydrogen) atoms.